The van der Waals surface area contributed by atoms with Crippen LogP contribution < -0.4 is 10.5 Å². The normalized spacial score (nSPS) is 26.9. The van der Waals surface area contributed by atoms with Crippen LogP contribution in [-0.2, 0) is 17.2 Å². The van der Waals surface area contributed by atoms with Gasteiger partial charge in [0.1, 0.15) is 5.75 Å². The smallest absolute Gasteiger partial charge is 0.423 e. The van der Waals surface area contributed by atoms with Crippen molar-refractivity contribution in [3.63, 3.8) is 0 Å². The summed E-state index contributed by atoms with van der Waals surface area (Å²) in [6.45, 7) is 2.29. The first-order valence-electron chi connectivity index (χ1n) is 18.4. The van der Waals surface area contributed by atoms with Gasteiger partial charge in [0, 0.05) is 34.4 Å². The molecule has 2 aromatic carbocycles. The van der Waals surface area contributed by atoms with E-state index in [1.54, 1.807) is 24.3 Å². The lowest BCUT2D eigenvalue weighted by Crippen LogP contribution is -2.47. The molecule has 0 bridgehead atoms. The highest BCUT2D eigenvalue weighted by atomic mass is 32.2. The van der Waals surface area contributed by atoms with Crippen LogP contribution in [-0.4, -0.2) is 45.0 Å². The van der Waals surface area contributed by atoms with E-state index in [0.717, 1.165) is 77.0 Å². The number of carbonyl (C=O) groups excluding carboxylic acids is 1. The summed E-state index contributed by atoms with van der Waals surface area (Å²) in [5.74, 6) is -2.57. The largest absolute Gasteiger partial charge is 0.453 e. The second-order valence-corrected chi connectivity index (χ2v) is 16.8. The third kappa shape index (κ3) is 8.91. The van der Waals surface area contributed by atoms with Crippen LogP contribution >= 0.6 is 0 Å². The molecule has 2 saturated carbocycles. The van der Waals surface area contributed by atoms with Crippen LogP contribution in [0, 0.1) is 23.2 Å². The first-order chi connectivity index (χ1) is 23.7. The Morgan fingerprint density at radius 2 is 1.62 bits per heavy atom. The molecule has 11 heteroatoms. The van der Waals surface area contributed by atoms with E-state index in [-0.39, 0.29) is 17.3 Å². The molecule has 2 aromatic rings. The highest BCUT2D eigenvalue weighted by Crippen LogP contribution is 2.62. The Morgan fingerprint density at radius 1 is 0.940 bits per heavy atom. The van der Waals surface area contributed by atoms with Gasteiger partial charge in [0.25, 0.3) is 0 Å². The summed E-state index contributed by atoms with van der Waals surface area (Å²) in [7, 11) is -1.38. The lowest BCUT2D eigenvalue weighted by Gasteiger charge is -2.53. The topological polar surface area (TPSA) is 89.6 Å². The zero-order chi connectivity index (χ0) is 36.1. The zero-order valence-electron chi connectivity index (χ0n) is 29.0. The molecule has 3 N–H and O–H groups in total. The van der Waals surface area contributed by atoms with Crippen molar-refractivity contribution in [1.82, 2.24) is 0 Å². The maximum Gasteiger partial charge on any atom is 0.453 e. The van der Waals surface area contributed by atoms with Gasteiger partial charge >= 0.3 is 18.1 Å². The van der Waals surface area contributed by atoms with Gasteiger partial charge in [0.2, 0.25) is 0 Å². The molecule has 3 aliphatic carbocycles. The maximum absolute atomic E-state index is 13.0. The van der Waals surface area contributed by atoms with Crippen LogP contribution in [0.25, 0.3) is 0 Å². The second-order valence-electron chi connectivity index (χ2n) is 15.1. The molecule has 0 radical (unpaired) electrons. The van der Waals surface area contributed by atoms with E-state index in [2.05, 4.69) is 13.0 Å². The third-order valence-corrected chi connectivity index (χ3v) is 13.4. The van der Waals surface area contributed by atoms with Gasteiger partial charge in [-0.05, 0) is 116 Å². The van der Waals surface area contributed by atoms with Gasteiger partial charge in [-0.3, -0.25) is 4.21 Å². The van der Waals surface area contributed by atoms with Crippen LogP contribution in [0.3, 0.4) is 0 Å². The zero-order valence-corrected chi connectivity index (χ0v) is 29.8. The van der Waals surface area contributed by atoms with E-state index < -0.39 is 41.7 Å². The number of esters is 1. The predicted molar refractivity (Wildman–Crippen MR) is 187 cm³/mol. The number of hydrogen-bond acceptors (Lipinski definition) is 5. The van der Waals surface area contributed by atoms with E-state index in [4.69, 9.17) is 10.5 Å². The number of fused-ring (bicyclic) bond motifs is 5. The molecular weight excluding hydrogens is 673 g/mol. The number of halogens is 5. The van der Waals surface area contributed by atoms with Crippen molar-refractivity contribution >= 4 is 22.5 Å². The number of unbranched alkanes of at least 4 members (excludes halogenated alkanes) is 6. The molecule has 7 unspecified atom stereocenters. The van der Waals surface area contributed by atoms with Crippen LogP contribution in [0.5, 0.6) is 5.75 Å². The third-order valence-electron chi connectivity index (χ3n) is 11.9. The van der Waals surface area contributed by atoms with Crippen molar-refractivity contribution in [1.29, 1.82) is 0 Å². The molecule has 278 valence electrons. The lowest BCUT2D eigenvalue weighted by atomic mass is 9.52. The number of aliphatic hydroxyl groups excluding tert-OH is 1. The molecule has 0 amide bonds. The van der Waals surface area contributed by atoms with Crippen molar-refractivity contribution in [2.45, 2.75) is 127 Å². The number of nitrogens with two attached hydrogens (primary N) is 1. The minimum atomic E-state index is -5.56. The number of carbonyl (C=O) groups is 1. The average molecular weight is 726 g/mol. The Bertz CT molecular complexity index is 1480. The summed E-state index contributed by atoms with van der Waals surface area (Å²) in [5.41, 5.74) is 9.30. The van der Waals surface area contributed by atoms with Crippen molar-refractivity contribution in [3.8, 4) is 5.75 Å². The Kier molecular flexibility index (Phi) is 12.7. The van der Waals surface area contributed by atoms with Crippen molar-refractivity contribution < 1.29 is 40.8 Å². The number of anilines is 1. The average Bonchev–Trinajstić information content (AvgIpc) is 3.36. The summed E-state index contributed by atoms with van der Waals surface area (Å²) in [6, 6.07) is 13.0. The van der Waals surface area contributed by atoms with Crippen LogP contribution in [0.2, 0.25) is 0 Å². The van der Waals surface area contributed by atoms with E-state index in [1.165, 1.54) is 11.1 Å². The molecule has 0 heterocycles. The number of hydrogen-bond donors (Lipinski definition) is 2. The van der Waals surface area contributed by atoms with Crippen molar-refractivity contribution in [2.24, 2.45) is 23.2 Å². The molecule has 0 saturated heterocycles. The van der Waals surface area contributed by atoms with Crippen molar-refractivity contribution in [3.05, 3.63) is 59.2 Å². The quantitative estimate of drug-likeness (QED) is 0.0592. The van der Waals surface area contributed by atoms with E-state index >= 15 is 0 Å². The Morgan fingerprint density at radius 3 is 2.34 bits per heavy atom. The number of para-hydroxylation sites is 1. The number of nitrogen functional groups attached to an aromatic ring is 1. The Labute approximate surface area is 295 Å². The van der Waals surface area contributed by atoms with Crippen LogP contribution in [0.1, 0.15) is 124 Å². The first kappa shape index (κ1) is 38.7. The van der Waals surface area contributed by atoms with Crippen LogP contribution in [0.15, 0.2) is 42.5 Å². The molecule has 7 atom stereocenters. The van der Waals surface area contributed by atoms with Crippen molar-refractivity contribution in [2.75, 3.05) is 17.2 Å². The fraction of sp³-hybridized carbons (Fsp3) is 0.667. The summed E-state index contributed by atoms with van der Waals surface area (Å²) in [4.78, 5) is 12.9. The van der Waals surface area contributed by atoms with Gasteiger partial charge in [-0.15, -0.1) is 0 Å². The van der Waals surface area contributed by atoms with Gasteiger partial charge in [-0.25, -0.2) is 4.79 Å². The second kappa shape index (κ2) is 16.4. The van der Waals surface area contributed by atoms with Gasteiger partial charge in [-0.1, -0.05) is 63.6 Å². The fourth-order valence-corrected chi connectivity index (χ4v) is 10.4. The standard InChI is InChI=1S/C39H52F5NO4S/c1-37-21-19-30-29-16-15-28(49-36(47)31-13-8-9-14-33(31)45)25-27(29)24-26(35(30)32(37)17-18-34(37)46)12-7-5-3-2-4-6-10-22-50(48)23-11-20-38(40,41)39(42,43)44/h8-9,13-16,25-26,30,32,34-35,46H,2-7,10-12,17-24,45H2,1H3. The van der Waals surface area contributed by atoms with Gasteiger partial charge in [0.15, 0.2) is 0 Å². The highest BCUT2D eigenvalue weighted by Gasteiger charge is 2.57. The van der Waals surface area contributed by atoms with Gasteiger partial charge in [0.05, 0.1) is 11.7 Å². The number of aliphatic hydroxyl groups is 1. The van der Waals surface area contributed by atoms with Crippen LogP contribution in [0.4, 0.5) is 27.6 Å². The van der Waals surface area contributed by atoms with E-state index in [9.17, 15) is 36.1 Å². The molecule has 5 nitrogen and oxygen atoms in total. The number of benzene rings is 2. The molecule has 0 aromatic heterocycles. The molecule has 0 aliphatic heterocycles. The monoisotopic (exact) mass is 725 g/mol. The summed E-state index contributed by atoms with van der Waals surface area (Å²) in [6.07, 6.45) is 5.28. The van der Waals surface area contributed by atoms with E-state index in [0.29, 0.717) is 52.8 Å². The lowest BCUT2D eigenvalue weighted by molar-refractivity contribution is -0.284. The van der Waals surface area contributed by atoms with Gasteiger partial charge < -0.3 is 15.6 Å². The number of rotatable bonds is 16. The first-order valence-corrected chi connectivity index (χ1v) is 19.9. The number of alkyl halides is 5. The molecule has 50 heavy (non-hydrogen) atoms. The Hall–Kier alpha value is -2.53. The van der Waals surface area contributed by atoms with Gasteiger partial charge in [-0.2, -0.15) is 22.0 Å². The maximum atomic E-state index is 13.0. The summed E-state index contributed by atoms with van der Waals surface area (Å²) in [5, 5.41) is 11.0. The van der Waals surface area contributed by atoms with E-state index in [1.807, 2.05) is 12.1 Å². The molecule has 5 rings (SSSR count). The minimum absolute atomic E-state index is 0.0418. The fourth-order valence-electron chi connectivity index (χ4n) is 9.18. The predicted octanol–water partition coefficient (Wildman–Crippen LogP) is 9.78. The minimum Gasteiger partial charge on any atom is -0.423 e. The summed E-state index contributed by atoms with van der Waals surface area (Å²) >= 11 is 0. The highest BCUT2D eigenvalue weighted by molar-refractivity contribution is 7.84. The molecule has 2 fully saturated rings. The molecule has 3 aliphatic rings. The molecule has 0 spiro atoms. The summed E-state index contributed by atoms with van der Waals surface area (Å²) < 4.78 is 80.8. The Balaban J connectivity index is 1.10. The SMILES string of the molecule is CC12CCC3c4ccc(OC(=O)c5ccccc5N)cc4CC(CCCCCCCCCS(=O)CCCC(F)(F)C(F)(F)F)C3C1CCC2O. The molecular formula is C39H52F5NO4S. The number of ether oxygens (including phenoxy) is 1.